The maximum Gasteiger partial charge on any atom is 0.306 e. The summed E-state index contributed by atoms with van der Waals surface area (Å²) in [5, 5.41) is 0. The Balaban J connectivity index is 3.51. The third-order valence-electron chi connectivity index (χ3n) is 7.27. The van der Waals surface area contributed by atoms with Gasteiger partial charge in [0.1, 0.15) is 12.4 Å². The minimum atomic E-state index is -0.208. The van der Waals surface area contributed by atoms with Crippen LogP contribution in [0.5, 0.6) is 0 Å². The fourth-order valence-corrected chi connectivity index (χ4v) is 4.90. The van der Waals surface area contributed by atoms with E-state index in [2.05, 4.69) is 13.8 Å². The van der Waals surface area contributed by atoms with Crippen molar-refractivity contribution in [1.82, 2.24) is 0 Å². The number of hydrogen-bond acceptors (Lipinski definition) is 3. The van der Waals surface area contributed by atoms with Crippen LogP contribution in [-0.4, -0.2) is 18.4 Å². The maximum atomic E-state index is 12.2. The molecule has 0 aromatic carbocycles. The predicted molar refractivity (Wildman–Crippen MR) is 152 cm³/mol. The highest BCUT2D eigenvalue weighted by molar-refractivity contribution is 5.69. The summed E-state index contributed by atoms with van der Waals surface area (Å²) in [6.45, 7) is 4.53. The van der Waals surface area contributed by atoms with Crippen LogP contribution in [0.4, 0.5) is 0 Å². The van der Waals surface area contributed by atoms with Gasteiger partial charge in [-0.05, 0) is 19.3 Å². The highest BCUT2D eigenvalue weighted by Crippen LogP contribution is 2.16. The standard InChI is InChI=1S/C32H62O3/c1-3-5-7-9-11-13-14-15-16-17-18-20-22-24-26-28-32(34)35-31(29-30-33)27-25-23-21-19-12-10-8-6-4-2/h30-31H,3-29H2,1-2H3. The second-order valence-corrected chi connectivity index (χ2v) is 10.8. The van der Waals surface area contributed by atoms with E-state index in [1.807, 2.05) is 0 Å². The van der Waals surface area contributed by atoms with E-state index in [1.165, 1.54) is 135 Å². The molecule has 0 amide bonds. The van der Waals surface area contributed by atoms with Gasteiger partial charge in [-0.25, -0.2) is 0 Å². The molecule has 3 nitrogen and oxygen atoms in total. The lowest BCUT2D eigenvalue weighted by Crippen LogP contribution is -2.18. The third-order valence-corrected chi connectivity index (χ3v) is 7.27. The van der Waals surface area contributed by atoms with Crippen molar-refractivity contribution in [1.29, 1.82) is 0 Å². The van der Waals surface area contributed by atoms with Crippen LogP contribution in [0.2, 0.25) is 0 Å². The van der Waals surface area contributed by atoms with Crippen LogP contribution in [0.1, 0.15) is 187 Å². The Bertz CT molecular complexity index is 435. The molecule has 208 valence electrons. The Hall–Kier alpha value is -0.860. The van der Waals surface area contributed by atoms with Gasteiger partial charge in [-0.1, -0.05) is 155 Å². The van der Waals surface area contributed by atoms with E-state index in [0.717, 1.165) is 32.0 Å². The lowest BCUT2D eigenvalue weighted by atomic mass is 10.0. The Kier molecular flexibility index (Phi) is 28.6. The molecule has 0 radical (unpaired) electrons. The molecule has 0 saturated heterocycles. The average Bonchev–Trinajstić information content (AvgIpc) is 2.85. The summed E-state index contributed by atoms with van der Waals surface area (Å²) >= 11 is 0. The largest absolute Gasteiger partial charge is 0.462 e. The van der Waals surface area contributed by atoms with Crippen molar-refractivity contribution in [2.24, 2.45) is 0 Å². The van der Waals surface area contributed by atoms with Crippen molar-refractivity contribution in [2.45, 2.75) is 193 Å². The van der Waals surface area contributed by atoms with Crippen LogP contribution >= 0.6 is 0 Å². The van der Waals surface area contributed by atoms with Crippen LogP contribution in [0.25, 0.3) is 0 Å². The van der Waals surface area contributed by atoms with Crippen LogP contribution in [0.3, 0.4) is 0 Å². The number of carbonyl (C=O) groups excluding carboxylic acids is 2. The Morgan fingerprint density at radius 2 is 0.886 bits per heavy atom. The van der Waals surface area contributed by atoms with E-state index < -0.39 is 0 Å². The first-order chi connectivity index (χ1) is 17.2. The molecule has 0 aromatic heterocycles. The fourth-order valence-electron chi connectivity index (χ4n) is 4.90. The molecule has 0 spiro atoms. The SMILES string of the molecule is CCCCCCCCCCCCCCCCCC(=O)OC(CC=O)CCCCCCCCCCC. The van der Waals surface area contributed by atoms with Crippen LogP contribution in [0.15, 0.2) is 0 Å². The Morgan fingerprint density at radius 1 is 0.543 bits per heavy atom. The third kappa shape index (κ3) is 27.6. The minimum absolute atomic E-state index is 0.109. The van der Waals surface area contributed by atoms with Gasteiger partial charge in [0, 0.05) is 12.8 Å². The van der Waals surface area contributed by atoms with Gasteiger partial charge in [-0.2, -0.15) is 0 Å². The lowest BCUT2D eigenvalue weighted by Gasteiger charge is -2.15. The molecule has 0 aliphatic rings. The van der Waals surface area contributed by atoms with Gasteiger partial charge < -0.3 is 9.53 Å². The van der Waals surface area contributed by atoms with Crippen molar-refractivity contribution < 1.29 is 14.3 Å². The molecule has 3 heteroatoms. The van der Waals surface area contributed by atoms with Gasteiger partial charge in [-0.15, -0.1) is 0 Å². The van der Waals surface area contributed by atoms with E-state index in [1.54, 1.807) is 0 Å². The molecule has 0 N–H and O–H groups in total. The molecular weight excluding hydrogens is 432 g/mol. The van der Waals surface area contributed by atoms with Gasteiger partial charge in [0.25, 0.3) is 0 Å². The van der Waals surface area contributed by atoms with Gasteiger partial charge >= 0.3 is 5.97 Å². The van der Waals surface area contributed by atoms with Gasteiger partial charge in [0.05, 0.1) is 0 Å². The molecule has 0 fully saturated rings. The molecule has 0 aliphatic carbocycles. The normalized spacial score (nSPS) is 12.1. The molecule has 0 bridgehead atoms. The van der Waals surface area contributed by atoms with Crippen LogP contribution < -0.4 is 0 Å². The first-order valence-corrected chi connectivity index (χ1v) is 15.9. The Labute approximate surface area is 219 Å². The highest BCUT2D eigenvalue weighted by Gasteiger charge is 2.13. The number of carbonyl (C=O) groups is 2. The van der Waals surface area contributed by atoms with Crippen molar-refractivity contribution in [2.75, 3.05) is 0 Å². The quantitative estimate of drug-likeness (QED) is 0.0590. The summed E-state index contributed by atoms with van der Waals surface area (Å²) in [5.74, 6) is -0.109. The molecule has 0 rings (SSSR count). The van der Waals surface area contributed by atoms with E-state index in [4.69, 9.17) is 4.74 Å². The summed E-state index contributed by atoms with van der Waals surface area (Å²) in [5.41, 5.74) is 0. The molecule has 0 aliphatic heterocycles. The zero-order valence-corrected chi connectivity index (χ0v) is 24.0. The van der Waals surface area contributed by atoms with E-state index in [0.29, 0.717) is 12.8 Å². The summed E-state index contributed by atoms with van der Waals surface area (Å²) in [6, 6.07) is 0. The number of unbranched alkanes of at least 4 members (excludes halogenated alkanes) is 22. The zero-order valence-electron chi connectivity index (χ0n) is 24.0. The molecule has 0 heterocycles. The van der Waals surface area contributed by atoms with E-state index in [9.17, 15) is 9.59 Å². The first-order valence-electron chi connectivity index (χ1n) is 15.9. The summed E-state index contributed by atoms with van der Waals surface area (Å²) in [6.07, 6.45) is 33.8. The molecule has 35 heavy (non-hydrogen) atoms. The van der Waals surface area contributed by atoms with Gasteiger partial charge in [0.2, 0.25) is 0 Å². The second-order valence-electron chi connectivity index (χ2n) is 10.8. The number of hydrogen-bond donors (Lipinski definition) is 0. The number of aldehydes is 1. The van der Waals surface area contributed by atoms with Crippen molar-refractivity contribution in [3.63, 3.8) is 0 Å². The Morgan fingerprint density at radius 3 is 1.26 bits per heavy atom. The van der Waals surface area contributed by atoms with Crippen molar-refractivity contribution >= 4 is 12.3 Å². The average molecular weight is 495 g/mol. The monoisotopic (exact) mass is 494 g/mol. The van der Waals surface area contributed by atoms with Crippen molar-refractivity contribution in [3.8, 4) is 0 Å². The maximum absolute atomic E-state index is 12.2. The topological polar surface area (TPSA) is 43.4 Å². The first kappa shape index (κ1) is 34.1. The highest BCUT2D eigenvalue weighted by atomic mass is 16.5. The second kappa shape index (κ2) is 29.4. The summed E-state index contributed by atoms with van der Waals surface area (Å²) < 4.78 is 5.61. The van der Waals surface area contributed by atoms with Crippen molar-refractivity contribution in [3.05, 3.63) is 0 Å². The van der Waals surface area contributed by atoms with E-state index >= 15 is 0 Å². The number of ether oxygens (including phenoxy) is 1. The number of rotatable bonds is 29. The molecule has 1 atom stereocenters. The predicted octanol–water partition coefficient (Wildman–Crippen LogP) is 10.7. The van der Waals surface area contributed by atoms with Crippen LogP contribution in [0, 0.1) is 0 Å². The summed E-state index contributed by atoms with van der Waals surface area (Å²) in [4.78, 5) is 23.2. The fraction of sp³-hybridized carbons (Fsp3) is 0.938. The van der Waals surface area contributed by atoms with Gasteiger partial charge in [0.15, 0.2) is 0 Å². The molecule has 1 unspecified atom stereocenters. The van der Waals surface area contributed by atoms with E-state index in [-0.39, 0.29) is 12.1 Å². The smallest absolute Gasteiger partial charge is 0.306 e. The van der Waals surface area contributed by atoms with Gasteiger partial charge in [-0.3, -0.25) is 4.79 Å². The zero-order chi connectivity index (χ0) is 25.7. The minimum Gasteiger partial charge on any atom is -0.462 e. The lowest BCUT2D eigenvalue weighted by molar-refractivity contribution is -0.150. The summed E-state index contributed by atoms with van der Waals surface area (Å²) in [7, 11) is 0. The molecule has 0 aromatic rings. The number of esters is 1. The molecule has 0 saturated carbocycles. The van der Waals surface area contributed by atoms with Crippen LogP contribution in [-0.2, 0) is 14.3 Å². The molecular formula is C32H62O3.